The molecule has 1 unspecified atom stereocenters. The summed E-state index contributed by atoms with van der Waals surface area (Å²) in [7, 11) is -9.09. The van der Waals surface area contributed by atoms with Crippen LogP contribution in [-0.2, 0) is 52.1 Å². The van der Waals surface area contributed by atoms with Crippen LogP contribution in [0, 0.1) is 12.3 Å². The van der Waals surface area contributed by atoms with E-state index in [0.717, 1.165) is 113 Å². The predicted octanol–water partition coefficient (Wildman–Crippen LogP) is 11.3. The van der Waals surface area contributed by atoms with Crippen LogP contribution in [-0.4, -0.2) is 165 Å². The fourth-order valence-electron chi connectivity index (χ4n) is 13.0. The van der Waals surface area contributed by atoms with Crippen molar-refractivity contribution in [2.75, 3.05) is 101 Å². The van der Waals surface area contributed by atoms with Crippen LogP contribution in [0.1, 0.15) is 118 Å². The van der Waals surface area contributed by atoms with Gasteiger partial charge in [-0.05, 0) is 167 Å². The van der Waals surface area contributed by atoms with E-state index in [-0.39, 0.29) is 41.9 Å². The number of allylic oxidation sites excluding steroid dienone is 1. The number of carbonyl (C=O) groups is 3. The number of hydrogen-bond acceptors (Lipinski definition) is 19. The highest BCUT2D eigenvalue weighted by atomic mass is 35.5. The number of anilines is 3. The minimum absolute atomic E-state index is 0.0210. The lowest BCUT2D eigenvalue weighted by molar-refractivity contribution is -0.135. The third-order valence-electron chi connectivity index (χ3n) is 18.5. The number of thioether (sulfide) groups is 1. The number of sulfone groups is 1. The topological polar surface area (TPSA) is 261 Å². The van der Waals surface area contributed by atoms with E-state index in [0.29, 0.717) is 90.8 Å². The zero-order valence-corrected chi connectivity index (χ0v) is 60.5. The minimum Gasteiger partial charge on any atom is -0.382 e. The summed E-state index contributed by atoms with van der Waals surface area (Å²) in [4.78, 5) is 61.7. The molecule has 29 heteroatoms. The van der Waals surface area contributed by atoms with Gasteiger partial charge in [-0.2, -0.15) is 13.2 Å². The number of aryl methyl sites for hydroxylation is 2. The molecule has 5 aromatic carbocycles. The number of piperidine rings is 1. The molecule has 1 aliphatic carbocycles. The number of nitrogens with zero attached hydrogens (tertiary/aromatic N) is 8. The summed E-state index contributed by atoms with van der Waals surface area (Å²) in [6, 6.07) is 30.1. The summed E-state index contributed by atoms with van der Waals surface area (Å²) in [6.45, 7) is 13.7. The number of alkyl halides is 3. The van der Waals surface area contributed by atoms with E-state index >= 15 is 0 Å². The summed E-state index contributed by atoms with van der Waals surface area (Å²) in [5.41, 5.74) is 0.178. The zero-order valence-electron chi connectivity index (χ0n) is 57.3. The fraction of sp³-hybridized carbons (Fsp3) is 0.458. The van der Waals surface area contributed by atoms with Gasteiger partial charge in [-0.15, -0.1) is 16.9 Å². The minimum atomic E-state index is -6.13. The number of nitrogens with one attached hydrogen (secondary N) is 4. The molecule has 0 saturated carbocycles. The Labute approximate surface area is 597 Å². The predicted molar refractivity (Wildman–Crippen MR) is 386 cm³/mol. The van der Waals surface area contributed by atoms with Gasteiger partial charge < -0.3 is 29.9 Å². The zero-order chi connectivity index (χ0) is 71.9. The highest BCUT2D eigenvalue weighted by molar-refractivity contribution is 7.99. The lowest BCUT2D eigenvalue weighted by Gasteiger charge is -2.39. The smallest absolute Gasteiger partial charge is 0.382 e. The Morgan fingerprint density at radius 1 is 0.842 bits per heavy atom. The summed E-state index contributed by atoms with van der Waals surface area (Å²) in [6.07, 6.45) is 10.3. The maximum Gasteiger partial charge on any atom is 0.501 e. The van der Waals surface area contributed by atoms with Crippen LogP contribution < -0.4 is 31.1 Å². The van der Waals surface area contributed by atoms with Gasteiger partial charge in [0.2, 0.25) is 11.8 Å². The van der Waals surface area contributed by atoms with E-state index in [4.69, 9.17) is 21.1 Å². The van der Waals surface area contributed by atoms with E-state index in [1.54, 1.807) is 41.9 Å². The first-order valence-electron chi connectivity index (χ1n) is 34.1. The number of unbranched alkanes of at least 4 members (excludes halogenated alkanes) is 4. The Kier molecular flexibility index (Phi) is 26.0. The third-order valence-corrected chi connectivity index (χ3v) is 22.7. The van der Waals surface area contributed by atoms with Crippen molar-refractivity contribution in [1.29, 1.82) is 0 Å². The second kappa shape index (κ2) is 34.5. The summed E-state index contributed by atoms with van der Waals surface area (Å²) < 4.78 is 115. The molecule has 101 heavy (non-hydrogen) atoms. The molecule has 3 amide bonds. The highest BCUT2D eigenvalue weighted by Crippen LogP contribution is 2.43. The van der Waals surface area contributed by atoms with Gasteiger partial charge in [0.05, 0.1) is 54.1 Å². The number of sulfonamides is 1. The normalized spacial score (nSPS) is 16.6. The average molecular weight is 1470 g/mol. The number of rotatable bonds is 34. The standard InChI is InChI=1S/C72H88ClF3N12O10S3/c1-50-78-63-17-13-16-62(67(63)70(92)88(50)64-28-29-66(89)80-69(64)91)77-33-41-97-42-43-98-48-56-47-87(83-81-56)35-12-7-5-6-11-34-84(4)36-31-55(49-99-58-14-9-8-10-15-58)79-61-27-26-59(44-65(61)100(93,94)72(74,75)76)101(95,96)82-68(90)52-20-24-57(25-21-52)86-39-37-85(38-40-86)46-53-45-71(2,3)32-30-60(53)51-18-22-54(73)23-19-51/h8-10,13-27,44,47,55,64,77,79H,5-7,11-12,28-43,45-46,48-49H2,1-4H3,(H,82,90)(H,80,89,91)/t55-,64?/m1/s1. The van der Waals surface area contributed by atoms with E-state index in [9.17, 15) is 49.2 Å². The quantitative estimate of drug-likeness (QED) is 0.0166. The molecule has 2 atom stereocenters. The number of halogens is 4. The second-order valence-electron chi connectivity index (χ2n) is 26.7. The number of amides is 3. The van der Waals surface area contributed by atoms with E-state index < -0.39 is 64.7 Å². The molecule has 2 fully saturated rings. The van der Waals surface area contributed by atoms with Gasteiger partial charge in [-0.3, -0.25) is 38.6 Å². The van der Waals surface area contributed by atoms with Crippen molar-refractivity contribution in [3.05, 3.63) is 165 Å². The van der Waals surface area contributed by atoms with Crippen molar-refractivity contribution in [1.82, 2.24) is 44.4 Å². The van der Waals surface area contributed by atoms with Crippen LogP contribution in [0.15, 0.2) is 147 Å². The van der Waals surface area contributed by atoms with Crippen LogP contribution in [0.5, 0.6) is 0 Å². The van der Waals surface area contributed by atoms with Gasteiger partial charge >= 0.3 is 5.51 Å². The molecule has 0 bridgehead atoms. The Balaban J connectivity index is 0.648. The van der Waals surface area contributed by atoms with Gasteiger partial charge in [0, 0.05) is 90.9 Å². The number of piperazine rings is 1. The van der Waals surface area contributed by atoms with Crippen LogP contribution in [0.3, 0.4) is 0 Å². The maximum absolute atomic E-state index is 14.5. The van der Waals surface area contributed by atoms with Crippen LogP contribution >= 0.6 is 23.4 Å². The molecule has 0 radical (unpaired) electrons. The molecule has 542 valence electrons. The molecule has 4 heterocycles. The number of benzene rings is 5. The monoisotopic (exact) mass is 1470 g/mol. The molecular weight excluding hydrogens is 1380 g/mol. The maximum atomic E-state index is 14.5. The molecule has 10 rings (SSSR count). The van der Waals surface area contributed by atoms with Crippen LogP contribution in [0.2, 0.25) is 5.02 Å². The highest BCUT2D eigenvalue weighted by Gasteiger charge is 2.49. The van der Waals surface area contributed by atoms with Crippen molar-refractivity contribution >= 4 is 94.5 Å². The Morgan fingerprint density at radius 3 is 2.32 bits per heavy atom. The second-order valence-corrected chi connectivity index (χ2v) is 31.8. The van der Waals surface area contributed by atoms with Crippen molar-refractivity contribution in [3.8, 4) is 0 Å². The van der Waals surface area contributed by atoms with Gasteiger partial charge in [0.15, 0.2) is 0 Å². The van der Waals surface area contributed by atoms with E-state index in [1.165, 1.54) is 45.2 Å². The Hall–Kier alpha value is -7.70. The lowest BCUT2D eigenvalue weighted by Crippen LogP contribution is -2.47. The van der Waals surface area contributed by atoms with Crippen molar-refractivity contribution in [2.24, 2.45) is 5.41 Å². The van der Waals surface area contributed by atoms with Gasteiger partial charge in [0.1, 0.15) is 22.5 Å². The fourth-order valence-corrected chi connectivity index (χ4v) is 16.1. The van der Waals surface area contributed by atoms with Crippen molar-refractivity contribution in [2.45, 2.75) is 137 Å². The number of fused-ring (bicyclic) bond motifs is 1. The number of imide groups is 1. The average Bonchev–Trinajstić information content (AvgIpc) is 1.38. The first kappa shape index (κ1) is 76.0. The Bertz CT molecular complexity index is 4350. The first-order chi connectivity index (χ1) is 48.3. The molecule has 2 aromatic heterocycles. The Morgan fingerprint density at radius 2 is 1.57 bits per heavy atom. The summed E-state index contributed by atoms with van der Waals surface area (Å²) in [5, 5.41) is 18.1. The van der Waals surface area contributed by atoms with Gasteiger partial charge in [-0.25, -0.2) is 26.5 Å². The molecule has 4 N–H and O–H groups in total. The molecule has 2 aliphatic heterocycles. The van der Waals surface area contributed by atoms with E-state index in [1.807, 2.05) is 60.4 Å². The molecule has 2 saturated heterocycles. The van der Waals surface area contributed by atoms with Gasteiger partial charge in [-0.1, -0.05) is 91.9 Å². The SMILES string of the molecule is Cc1nc2cccc(NCCOCCOCc3cn(CCCCCCCN(C)CC[C@H](CSc4ccccc4)Nc4ccc(S(=O)(=O)NC(=O)c5ccc(N6CCN(CC7=C(c8ccc(Cl)cc8)CCC(C)(C)C7)CC6)cc5)cc4S(=O)(=O)C(F)(F)F)nn3)c2c(=O)n1C1CCC(=O)NC1=O. The van der Waals surface area contributed by atoms with Gasteiger partial charge in [0.25, 0.3) is 31.3 Å². The van der Waals surface area contributed by atoms with Crippen molar-refractivity contribution in [3.63, 3.8) is 0 Å². The third kappa shape index (κ3) is 20.6. The number of hydrogen-bond donors (Lipinski definition) is 4. The molecule has 3 aliphatic rings. The molecule has 0 spiro atoms. The number of aromatic nitrogens is 5. The molecule has 7 aromatic rings. The number of ether oxygens (including phenoxy) is 2. The van der Waals surface area contributed by atoms with Crippen molar-refractivity contribution < 1.29 is 53.9 Å². The van der Waals surface area contributed by atoms with Crippen LogP contribution in [0.25, 0.3) is 16.5 Å². The molecule has 22 nitrogen and oxygen atoms in total. The largest absolute Gasteiger partial charge is 0.501 e. The number of carbonyl (C=O) groups excluding carboxylic acids is 3. The first-order valence-corrected chi connectivity index (χ1v) is 38.5. The summed E-state index contributed by atoms with van der Waals surface area (Å²) >= 11 is 7.66. The molecular formula is C72H88ClF3N12O10S3. The summed E-state index contributed by atoms with van der Waals surface area (Å²) in [5.74, 6) is -1.23. The van der Waals surface area contributed by atoms with E-state index in [2.05, 4.69) is 71.9 Å². The lowest BCUT2D eigenvalue weighted by atomic mass is 9.73. The van der Waals surface area contributed by atoms with Crippen LogP contribution in [0.4, 0.5) is 30.2 Å².